The van der Waals surface area contributed by atoms with Crippen molar-refractivity contribution in [1.29, 1.82) is 0 Å². The zero-order chi connectivity index (χ0) is 14.0. The molecule has 0 bridgehead atoms. The molecule has 2 rings (SSSR count). The number of benzene rings is 2. The van der Waals surface area contributed by atoms with Crippen LogP contribution >= 0.6 is 0 Å². The Hall–Kier alpha value is -2.24. The van der Waals surface area contributed by atoms with E-state index in [-0.39, 0.29) is 17.2 Å². The minimum Gasteiger partial charge on any atom is -0.455 e. The van der Waals surface area contributed by atoms with Gasteiger partial charge in [-0.3, -0.25) is 0 Å². The summed E-state index contributed by atoms with van der Waals surface area (Å²) in [5, 5.41) is 0. The maximum Gasteiger partial charge on any atom is 0.416 e. The molecule has 0 radical (unpaired) electrons. The van der Waals surface area contributed by atoms with Gasteiger partial charge in [0, 0.05) is 0 Å². The van der Waals surface area contributed by atoms with Crippen molar-refractivity contribution in [2.24, 2.45) is 0 Å². The van der Waals surface area contributed by atoms with E-state index in [2.05, 4.69) is 0 Å². The van der Waals surface area contributed by atoms with Gasteiger partial charge in [0.15, 0.2) is 5.75 Å². The summed E-state index contributed by atoms with van der Waals surface area (Å²) in [5.74, 6) is -0.391. The van der Waals surface area contributed by atoms with E-state index in [1.807, 2.05) is 0 Å². The standard InChI is InChI=1S/C13H9F4NO/c14-9-2-4-10(5-3-9)19-12-7-8(13(15,16)17)1-6-11(12)18/h1-7H,18H2. The highest BCUT2D eigenvalue weighted by molar-refractivity contribution is 5.55. The average molecular weight is 271 g/mol. The summed E-state index contributed by atoms with van der Waals surface area (Å²) in [6.45, 7) is 0. The first-order valence-corrected chi connectivity index (χ1v) is 5.26. The second-order valence-corrected chi connectivity index (χ2v) is 3.81. The zero-order valence-corrected chi connectivity index (χ0v) is 9.54. The number of hydrogen-bond donors (Lipinski definition) is 1. The lowest BCUT2D eigenvalue weighted by Gasteiger charge is -2.12. The van der Waals surface area contributed by atoms with E-state index in [1.165, 1.54) is 12.1 Å². The zero-order valence-electron chi connectivity index (χ0n) is 9.54. The number of anilines is 1. The first kappa shape index (κ1) is 13.2. The van der Waals surface area contributed by atoms with Crippen molar-refractivity contribution in [1.82, 2.24) is 0 Å². The Balaban J connectivity index is 2.31. The third-order valence-electron chi connectivity index (χ3n) is 2.38. The number of nitrogen functional groups attached to an aromatic ring is 1. The Bertz CT molecular complexity index is 578. The molecule has 2 N–H and O–H groups in total. The molecule has 2 aromatic carbocycles. The van der Waals surface area contributed by atoms with E-state index < -0.39 is 17.6 Å². The van der Waals surface area contributed by atoms with Gasteiger partial charge in [0.2, 0.25) is 0 Å². The number of ether oxygens (including phenoxy) is 1. The first-order valence-electron chi connectivity index (χ1n) is 5.26. The van der Waals surface area contributed by atoms with Crippen LogP contribution in [0.3, 0.4) is 0 Å². The molecule has 0 spiro atoms. The highest BCUT2D eigenvalue weighted by Gasteiger charge is 2.31. The first-order chi connectivity index (χ1) is 8.86. The molecule has 0 heterocycles. The van der Waals surface area contributed by atoms with Crippen LogP contribution in [-0.4, -0.2) is 0 Å². The number of nitrogens with two attached hydrogens (primary N) is 1. The van der Waals surface area contributed by atoms with Crippen LogP contribution in [0.15, 0.2) is 42.5 Å². The lowest BCUT2D eigenvalue weighted by molar-refractivity contribution is -0.137. The monoisotopic (exact) mass is 271 g/mol. The van der Waals surface area contributed by atoms with Gasteiger partial charge in [-0.15, -0.1) is 0 Å². The van der Waals surface area contributed by atoms with E-state index in [0.717, 1.165) is 30.3 Å². The minimum absolute atomic E-state index is 0.0670. The van der Waals surface area contributed by atoms with Crippen LogP contribution in [0.2, 0.25) is 0 Å². The van der Waals surface area contributed by atoms with E-state index in [1.54, 1.807) is 0 Å². The van der Waals surface area contributed by atoms with Crippen molar-refractivity contribution in [3.63, 3.8) is 0 Å². The van der Waals surface area contributed by atoms with Crippen LogP contribution in [0.5, 0.6) is 11.5 Å². The van der Waals surface area contributed by atoms with E-state index in [9.17, 15) is 17.6 Å². The maximum atomic E-state index is 12.7. The summed E-state index contributed by atoms with van der Waals surface area (Å²) >= 11 is 0. The van der Waals surface area contributed by atoms with Crippen molar-refractivity contribution in [3.05, 3.63) is 53.8 Å². The predicted molar refractivity (Wildman–Crippen MR) is 62.3 cm³/mol. The van der Waals surface area contributed by atoms with Crippen molar-refractivity contribution >= 4 is 5.69 Å². The van der Waals surface area contributed by atoms with Gasteiger partial charge in [-0.1, -0.05) is 0 Å². The van der Waals surface area contributed by atoms with E-state index in [0.29, 0.717) is 0 Å². The molecule has 100 valence electrons. The van der Waals surface area contributed by atoms with Gasteiger partial charge >= 0.3 is 6.18 Å². The molecular weight excluding hydrogens is 262 g/mol. The van der Waals surface area contributed by atoms with Gasteiger partial charge in [-0.05, 0) is 42.5 Å². The Morgan fingerprint density at radius 2 is 1.58 bits per heavy atom. The lowest BCUT2D eigenvalue weighted by Crippen LogP contribution is -2.05. The molecule has 0 aliphatic heterocycles. The molecule has 0 aliphatic carbocycles. The molecule has 19 heavy (non-hydrogen) atoms. The fourth-order valence-electron chi connectivity index (χ4n) is 1.43. The largest absolute Gasteiger partial charge is 0.455 e. The SMILES string of the molecule is Nc1ccc(C(F)(F)F)cc1Oc1ccc(F)cc1. The van der Waals surface area contributed by atoms with Gasteiger partial charge < -0.3 is 10.5 Å². The summed E-state index contributed by atoms with van der Waals surface area (Å²) in [6.07, 6.45) is -4.48. The second-order valence-electron chi connectivity index (χ2n) is 3.81. The molecule has 2 nitrogen and oxygen atoms in total. The summed E-state index contributed by atoms with van der Waals surface area (Å²) in [5.41, 5.74) is 4.75. The van der Waals surface area contributed by atoms with Gasteiger partial charge in [0.1, 0.15) is 11.6 Å². The van der Waals surface area contributed by atoms with Crippen molar-refractivity contribution < 1.29 is 22.3 Å². The topological polar surface area (TPSA) is 35.2 Å². The highest BCUT2D eigenvalue weighted by Crippen LogP contribution is 2.35. The molecule has 0 aliphatic rings. The lowest BCUT2D eigenvalue weighted by atomic mass is 10.2. The van der Waals surface area contributed by atoms with E-state index >= 15 is 0 Å². The van der Waals surface area contributed by atoms with Gasteiger partial charge in [-0.25, -0.2) is 4.39 Å². The van der Waals surface area contributed by atoms with Crippen LogP contribution in [0, 0.1) is 5.82 Å². The molecule has 0 aromatic heterocycles. The number of alkyl halides is 3. The van der Waals surface area contributed by atoms with Crippen molar-refractivity contribution in [2.45, 2.75) is 6.18 Å². The molecular formula is C13H9F4NO. The van der Waals surface area contributed by atoms with Crippen LogP contribution in [0.25, 0.3) is 0 Å². The number of rotatable bonds is 2. The normalized spacial score (nSPS) is 11.4. The molecule has 0 unspecified atom stereocenters. The third kappa shape index (κ3) is 3.15. The van der Waals surface area contributed by atoms with E-state index in [4.69, 9.17) is 10.5 Å². The fraction of sp³-hybridized carbons (Fsp3) is 0.0769. The average Bonchev–Trinajstić information content (AvgIpc) is 2.33. The molecule has 0 atom stereocenters. The Morgan fingerprint density at radius 3 is 2.16 bits per heavy atom. The minimum atomic E-state index is -4.48. The molecule has 2 aromatic rings. The van der Waals surface area contributed by atoms with Crippen molar-refractivity contribution in [2.75, 3.05) is 5.73 Å². The summed E-state index contributed by atoms with van der Waals surface area (Å²) in [4.78, 5) is 0. The Labute approximate surface area is 106 Å². The Morgan fingerprint density at radius 1 is 0.947 bits per heavy atom. The molecule has 0 saturated carbocycles. The highest BCUT2D eigenvalue weighted by atomic mass is 19.4. The molecule has 0 amide bonds. The van der Waals surface area contributed by atoms with Gasteiger partial charge in [-0.2, -0.15) is 13.2 Å². The third-order valence-corrected chi connectivity index (χ3v) is 2.38. The van der Waals surface area contributed by atoms with Crippen molar-refractivity contribution in [3.8, 4) is 11.5 Å². The summed E-state index contributed by atoms with van der Waals surface area (Å²) < 4.78 is 55.5. The summed E-state index contributed by atoms with van der Waals surface area (Å²) in [6, 6.07) is 7.66. The Kier molecular flexibility index (Phi) is 3.33. The molecule has 0 fully saturated rings. The smallest absolute Gasteiger partial charge is 0.416 e. The maximum absolute atomic E-state index is 12.7. The quantitative estimate of drug-likeness (QED) is 0.655. The summed E-state index contributed by atoms with van der Waals surface area (Å²) in [7, 11) is 0. The van der Waals surface area contributed by atoms with Gasteiger partial charge in [0.05, 0.1) is 11.3 Å². The van der Waals surface area contributed by atoms with Crippen LogP contribution in [0.1, 0.15) is 5.56 Å². The van der Waals surface area contributed by atoms with Gasteiger partial charge in [0.25, 0.3) is 0 Å². The predicted octanol–water partition coefficient (Wildman–Crippen LogP) is 4.22. The van der Waals surface area contributed by atoms with Crippen LogP contribution in [-0.2, 0) is 6.18 Å². The molecule has 6 heteroatoms. The second kappa shape index (κ2) is 4.79. The van der Waals surface area contributed by atoms with Crippen LogP contribution < -0.4 is 10.5 Å². The molecule has 0 saturated heterocycles. The number of halogens is 4. The van der Waals surface area contributed by atoms with Crippen LogP contribution in [0.4, 0.5) is 23.2 Å². The number of hydrogen-bond acceptors (Lipinski definition) is 2. The fourth-order valence-corrected chi connectivity index (χ4v) is 1.43.